The van der Waals surface area contributed by atoms with Gasteiger partial charge in [-0.15, -0.1) is 0 Å². The van der Waals surface area contributed by atoms with E-state index in [1.54, 1.807) is 0 Å². The monoisotopic (exact) mass is 1530 g/mol. The molecule has 0 spiro atoms. The molecule has 5 nitrogen and oxygen atoms in total. The lowest BCUT2D eigenvalue weighted by Crippen LogP contribution is -2.50. The minimum absolute atomic E-state index is 0.141. The smallest absolute Gasteiger partial charge is 0.416 e. The normalized spacial score (nSPS) is 17.7. The first-order valence-electron chi connectivity index (χ1n) is 41.2. The van der Waals surface area contributed by atoms with Gasteiger partial charge in [-0.1, -0.05) is 249 Å². The second-order valence-electron chi connectivity index (χ2n) is 32.2. The molecule has 110 heavy (non-hydrogen) atoms. The number of rotatable bonds is 20. The molecule has 0 unspecified atom stereocenters. The Morgan fingerprint density at radius 3 is 0.682 bits per heavy atom. The number of hydrogen-bond acceptors (Lipinski definition) is 5. The zero-order valence-electron chi connectivity index (χ0n) is 63.7. The number of ketones is 2. The Labute approximate surface area is 650 Å². The molecule has 0 heterocycles. The number of carbonyl (C=O) groups excluding carboxylic acids is 2. The zero-order valence-corrected chi connectivity index (χ0v) is 65.5. The van der Waals surface area contributed by atoms with Crippen LogP contribution in [0.3, 0.4) is 0 Å². The highest BCUT2D eigenvalue weighted by molar-refractivity contribution is 7.96. The van der Waals surface area contributed by atoms with E-state index in [-0.39, 0.29) is 29.8 Å². The predicted octanol–water partition coefficient (Wildman–Crippen LogP) is 22.8. The second-order valence-corrected chi connectivity index (χ2v) is 39.2. The van der Waals surface area contributed by atoms with Gasteiger partial charge in [0.2, 0.25) is 11.6 Å². The second kappa shape index (κ2) is 37.9. The number of Topliss-reactive ketones (excluding diaryl/α,β-unsaturated/α-hetero) is 2. The van der Waals surface area contributed by atoms with Gasteiger partial charge >= 0.3 is 12.4 Å². The van der Waals surface area contributed by atoms with Crippen LogP contribution in [0.15, 0.2) is 224 Å². The van der Waals surface area contributed by atoms with Crippen LogP contribution in [0.4, 0.5) is 26.3 Å². The van der Waals surface area contributed by atoms with Gasteiger partial charge in [0.25, 0.3) is 0 Å². The van der Waals surface area contributed by atoms with Gasteiger partial charge in [0.05, 0.1) is 16.9 Å². The lowest BCUT2D eigenvalue weighted by molar-refractivity contribution is -0.372. The molecule has 0 aromatic heterocycles. The number of carbonyl (C=O) groups is 2. The molecule has 0 saturated heterocycles. The van der Waals surface area contributed by atoms with Gasteiger partial charge < -0.3 is 14.7 Å². The molecular formula is C96H107BF6O5P2. The number of halogens is 6. The summed E-state index contributed by atoms with van der Waals surface area (Å²) in [6, 6.07) is 78.2. The van der Waals surface area contributed by atoms with Crippen LogP contribution in [0, 0.1) is 0 Å². The molecule has 14 heteroatoms. The highest BCUT2D eigenvalue weighted by atomic mass is 31.2. The van der Waals surface area contributed by atoms with E-state index in [0.29, 0.717) is 47.8 Å². The molecule has 0 radical (unpaired) electrons. The minimum Gasteiger partial charge on any atom is -0.860 e. The molecule has 0 atom stereocenters. The van der Waals surface area contributed by atoms with Crippen molar-refractivity contribution in [2.24, 2.45) is 0 Å². The number of hydrogen-bond donors (Lipinski definition) is 0. The molecule has 0 amide bonds. The van der Waals surface area contributed by atoms with Crippen LogP contribution in [0.2, 0.25) is 0 Å². The number of alkyl halides is 6. The van der Waals surface area contributed by atoms with E-state index >= 15 is 0 Å². The van der Waals surface area contributed by atoms with Crippen molar-refractivity contribution in [2.75, 3.05) is 12.3 Å². The van der Waals surface area contributed by atoms with Crippen molar-refractivity contribution >= 4 is 65.2 Å². The van der Waals surface area contributed by atoms with Crippen molar-refractivity contribution in [1.29, 1.82) is 0 Å². The fraction of sp³-hybridized carbons (Fsp3) is 0.417. The van der Waals surface area contributed by atoms with E-state index in [1.165, 1.54) is 258 Å². The van der Waals surface area contributed by atoms with E-state index in [4.69, 9.17) is 0 Å². The van der Waals surface area contributed by atoms with E-state index in [1.807, 2.05) is 60.7 Å². The summed E-state index contributed by atoms with van der Waals surface area (Å²) in [5, 5.41) is 28.2. The van der Waals surface area contributed by atoms with Crippen LogP contribution in [0.1, 0.15) is 293 Å². The van der Waals surface area contributed by atoms with Crippen molar-refractivity contribution < 1.29 is 50.6 Å². The highest BCUT2D eigenvalue weighted by Gasteiger charge is 2.50. The molecule has 15 rings (SSSR count). The van der Waals surface area contributed by atoms with E-state index in [2.05, 4.69) is 150 Å². The van der Waals surface area contributed by atoms with E-state index < -0.39 is 51.1 Å². The van der Waals surface area contributed by atoms with E-state index in [0.717, 1.165) is 11.1 Å². The van der Waals surface area contributed by atoms with Gasteiger partial charge in [0.15, 0.2) is 0 Å². The number of benzene rings is 9. The molecule has 6 saturated carbocycles. The van der Waals surface area contributed by atoms with Gasteiger partial charge in [-0.3, -0.25) is 9.59 Å². The Bertz CT molecular complexity index is 3770. The van der Waals surface area contributed by atoms with Gasteiger partial charge in [-0.2, -0.15) is 26.3 Å². The third-order valence-electron chi connectivity index (χ3n) is 25.2. The van der Waals surface area contributed by atoms with Crippen LogP contribution in [-0.4, -0.2) is 31.2 Å². The molecule has 0 N–H and O–H groups in total. The fourth-order valence-electron chi connectivity index (χ4n) is 19.0. The maximum Gasteiger partial charge on any atom is 0.416 e. The van der Waals surface area contributed by atoms with Gasteiger partial charge in [0, 0.05) is 11.1 Å². The molecule has 9 aromatic carbocycles. The Hall–Kier alpha value is -7.46. The average molecular weight is 1530 g/mol. The predicted molar refractivity (Wildman–Crippen MR) is 439 cm³/mol. The minimum atomic E-state index is -5.05. The summed E-state index contributed by atoms with van der Waals surface area (Å²) in [6.07, 6.45) is 30.9. The summed E-state index contributed by atoms with van der Waals surface area (Å²) in [5.41, 5.74) is 7.22. The molecule has 6 aliphatic rings. The quantitative estimate of drug-likeness (QED) is 0.0328. The van der Waals surface area contributed by atoms with Crippen LogP contribution in [0.5, 0.6) is 5.75 Å². The first-order chi connectivity index (χ1) is 53.4. The molecule has 6 fully saturated rings. The standard InChI is InChI=1S/2C44H52OP.C8H3BF6O3/c2*45-44(40-19-11-4-12-20-40)33-46(41-27-21-37(22-28-41)34-13-5-1-6-14-34,42-29-23-38(24-30-42)35-15-7-2-8-16-35)43-31-25-39(26-32-43)36-17-9-3-10-18-36;10-7(11,12)4-1-5(8(13,14)15)3-6(2-4)18-9(16)17/h2*4,11-12,19-32,34-36H,1-3,5-10,13-18,33H2;1-3H/q2*+1;-2. The summed E-state index contributed by atoms with van der Waals surface area (Å²) < 4.78 is 77.5. The fourth-order valence-corrected chi connectivity index (χ4v) is 27.1. The van der Waals surface area contributed by atoms with Gasteiger partial charge in [0.1, 0.15) is 66.0 Å². The third kappa shape index (κ3) is 20.1. The molecule has 576 valence electrons. The molecule has 6 aliphatic carbocycles. The molecule has 9 aromatic rings. The molecular weight excluding hydrogens is 1420 g/mol. The van der Waals surface area contributed by atoms with Gasteiger partial charge in [-0.05, 0) is 237 Å². The molecule has 0 bridgehead atoms. The Morgan fingerprint density at radius 2 is 0.500 bits per heavy atom. The highest BCUT2D eigenvalue weighted by Crippen LogP contribution is 2.58. The van der Waals surface area contributed by atoms with Crippen LogP contribution >= 0.6 is 14.5 Å². The van der Waals surface area contributed by atoms with Crippen LogP contribution in [-0.2, 0) is 12.4 Å². The van der Waals surface area contributed by atoms with Crippen LogP contribution in [0.25, 0.3) is 0 Å². The molecule has 0 aliphatic heterocycles. The third-order valence-corrected chi connectivity index (χ3v) is 33.8. The van der Waals surface area contributed by atoms with Crippen molar-refractivity contribution in [3.05, 3.63) is 280 Å². The summed E-state index contributed by atoms with van der Waals surface area (Å²) >= 11 is 0. The largest absolute Gasteiger partial charge is 0.860 e. The maximum atomic E-state index is 14.4. The van der Waals surface area contributed by atoms with Crippen molar-refractivity contribution in [3.8, 4) is 5.75 Å². The van der Waals surface area contributed by atoms with Gasteiger partial charge in [-0.25, -0.2) is 0 Å². The Kier molecular flexibility index (Phi) is 27.8. The van der Waals surface area contributed by atoms with Crippen LogP contribution < -0.4 is 46.5 Å². The topological polar surface area (TPSA) is 89.5 Å². The summed E-state index contributed by atoms with van der Waals surface area (Å²) in [7, 11) is -7.63. The maximum absolute atomic E-state index is 14.4. The van der Waals surface area contributed by atoms with Crippen molar-refractivity contribution in [1.82, 2.24) is 0 Å². The first kappa shape index (κ1) is 80.6. The SMILES string of the molecule is O=C(C[P+](c1ccc(C2CCCCC2)cc1)(c1ccc(C2CCCCC2)cc1)c1ccc(C2CCCCC2)cc1)c1ccccc1.O=C(C[P+](c1ccc(C2CCCCC2)cc1)(c1ccc(C2CCCCC2)cc1)c1ccc(C2CCCCC2)cc1)c1ccccc1.[O-]B([O-])Oc1cc(C(F)(F)F)cc(C(F)(F)F)c1. The van der Waals surface area contributed by atoms with Crippen molar-refractivity contribution in [3.63, 3.8) is 0 Å². The van der Waals surface area contributed by atoms with E-state index in [9.17, 15) is 46.0 Å². The summed E-state index contributed by atoms with van der Waals surface area (Å²) in [5.74, 6) is 3.45. The van der Waals surface area contributed by atoms with Crippen molar-refractivity contribution in [2.45, 2.75) is 240 Å². The lowest BCUT2D eigenvalue weighted by atomic mass is 9.84. The lowest BCUT2D eigenvalue weighted by Gasteiger charge is -2.29. The first-order valence-corrected chi connectivity index (χ1v) is 45.2. The Morgan fingerprint density at radius 1 is 0.300 bits per heavy atom. The zero-order chi connectivity index (χ0) is 76.5. The average Bonchev–Trinajstić information content (AvgIpc) is 0.747. The Balaban J connectivity index is 0.000000159. The summed E-state index contributed by atoms with van der Waals surface area (Å²) in [4.78, 5) is 28.7. The summed E-state index contributed by atoms with van der Waals surface area (Å²) in [6.45, 7) is 0.